The number of hydrogen-bond donors (Lipinski definition) is 1. The van der Waals surface area contributed by atoms with Crippen molar-refractivity contribution in [2.45, 2.75) is 33.8 Å². The molecule has 0 aliphatic rings. The van der Waals surface area contributed by atoms with Crippen LogP contribution < -0.4 is 0 Å². The molecular formula is C10H14N4OS. The van der Waals surface area contributed by atoms with E-state index in [9.17, 15) is 0 Å². The van der Waals surface area contributed by atoms with Crippen LogP contribution in [0.25, 0.3) is 5.13 Å². The van der Waals surface area contributed by atoms with Crippen molar-refractivity contribution < 1.29 is 5.11 Å². The molecule has 0 amide bonds. The topological polar surface area (TPSA) is 63.8 Å². The molecule has 0 aliphatic carbocycles. The summed E-state index contributed by atoms with van der Waals surface area (Å²) in [5.41, 5.74) is 3.38. The summed E-state index contributed by atoms with van der Waals surface area (Å²) < 4.78 is 1.80. The zero-order valence-electron chi connectivity index (χ0n) is 9.56. The highest BCUT2D eigenvalue weighted by Crippen LogP contribution is 2.20. The number of aromatic nitrogens is 4. The van der Waals surface area contributed by atoms with Gasteiger partial charge in [-0.3, -0.25) is 0 Å². The second-order valence-corrected chi connectivity index (χ2v) is 4.59. The van der Waals surface area contributed by atoms with E-state index in [-0.39, 0.29) is 6.61 Å². The standard InChI is InChI=1S/C10H14N4OS/c1-4-8-6(2)13-14(7(8)3)10-12-11-9(5-15)16-10/h15H,4-5H2,1-3H3. The first kappa shape index (κ1) is 11.2. The number of aryl methyl sites for hydroxylation is 1. The Morgan fingerprint density at radius 1 is 1.31 bits per heavy atom. The first-order chi connectivity index (χ1) is 7.67. The molecule has 0 fully saturated rings. The molecule has 0 spiro atoms. The van der Waals surface area contributed by atoms with E-state index in [4.69, 9.17) is 5.11 Å². The Labute approximate surface area is 97.8 Å². The smallest absolute Gasteiger partial charge is 0.233 e. The lowest BCUT2D eigenvalue weighted by molar-refractivity contribution is 0.280. The average Bonchev–Trinajstić information content (AvgIpc) is 2.83. The number of nitrogens with zero attached hydrogens (tertiary/aromatic N) is 4. The monoisotopic (exact) mass is 238 g/mol. The van der Waals surface area contributed by atoms with E-state index in [1.807, 2.05) is 13.8 Å². The molecule has 0 atom stereocenters. The van der Waals surface area contributed by atoms with Crippen LogP contribution in [0, 0.1) is 13.8 Å². The molecule has 0 aliphatic heterocycles. The minimum Gasteiger partial charge on any atom is -0.389 e. The third-order valence-corrected chi connectivity index (χ3v) is 3.45. The van der Waals surface area contributed by atoms with Crippen molar-refractivity contribution in [3.63, 3.8) is 0 Å². The number of hydrogen-bond acceptors (Lipinski definition) is 5. The van der Waals surface area contributed by atoms with Gasteiger partial charge in [0.25, 0.3) is 0 Å². The van der Waals surface area contributed by atoms with Crippen LogP contribution in [-0.4, -0.2) is 25.1 Å². The van der Waals surface area contributed by atoms with Crippen LogP contribution in [0.15, 0.2) is 0 Å². The van der Waals surface area contributed by atoms with Crippen molar-refractivity contribution in [2.24, 2.45) is 0 Å². The van der Waals surface area contributed by atoms with Gasteiger partial charge in [0.15, 0.2) is 0 Å². The summed E-state index contributed by atoms with van der Waals surface area (Å²) in [4.78, 5) is 0. The van der Waals surface area contributed by atoms with Crippen LogP contribution in [-0.2, 0) is 13.0 Å². The molecule has 0 bridgehead atoms. The Morgan fingerprint density at radius 3 is 2.56 bits per heavy atom. The third kappa shape index (κ3) is 1.74. The van der Waals surface area contributed by atoms with Crippen molar-refractivity contribution in [3.8, 4) is 5.13 Å². The van der Waals surface area contributed by atoms with E-state index < -0.39 is 0 Å². The normalized spacial score (nSPS) is 11.0. The highest BCUT2D eigenvalue weighted by molar-refractivity contribution is 7.13. The molecule has 0 unspecified atom stereocenters. The zero-order valence-corrected chi connectivity index (χ0v) is 10.4. The Balaban J connectivity index is 2.47. The van der Waals surface area contributed by atoms with Crippen molar-refractivity contribution in [1.82, 2.24) is 20.0 Å². The van der Waals surface area contributed by atoms with Gasteiger partial charge < -0.3 is 5.11 Å². The first-order valence-electron chi connectivity index (χ1n) is 5.16. The van der Waals surface area contributed by atoms with E-state index in [1.165, 1.54) is 16.9 Å². The summed E-state index contributed by atoms with van der Waals surface area (Å²) in [7, 11) is 0. The fraction of sp³-hybridized carbons (Fsp3) is 0.500. The van der Waals surface area contributed by atoms with Crippen LogP contribution in [0.5, 0.6) is 0 Å². The largest absolute Gasteiger partial charge is 0.389 e. The molecule has 0 aromatic carbocycles. The molecule has 2 aromatic heterocycles. The molecule has 5 nitrogen and oxygen atoms in total. The van der Waals surface area contributed by atoms with Crippen LogP contribution in [0.4, 0.5) is 0 Å². The predicted octanol–water partition coefficient (Wildman–Crippen LogP) is 1.40. The van der Waals surface area contributed by atoms with E-state index in [2.05, 4.69) is 22.2 Å². The highest BCUT2D eigenvalue weighted by Gasteiger charge is 2.14. The minimum atomic E-state index is -0.0718. The molecule has 86 valence electrons. The molecule has 2 aromatic rings. The maximum Gasteiger partial charge on any atom is 0.233 e. The molecule has 6 heteroatoms. The molecule has 16 heavy (non-hydrogen) atoms. The molecule has 0 radical (unpaired) electrons. The summed E-state index contributed by atoms with van der Waals surface area (Å²) in [5, 5.41) is 22.6. The number of rotatable bonds is 3. The molecule has 2 rings (SSSR count). The number of aliphatic hydroxyl groups is 1. The van der Waals surface area contributed by atoms with Gasteiger partial charge in [0.2, 0.25) is 5.13 Å². The SMILES string of the molecule is CCc1c(C)nn(-c2nnc(CO)s2)c1C. The van der Waals surface area contributed by atoms with Crippen LogP contribution >= 0.6 is 11.3 Å². The van der Waals surface area contributed by atoms with Crippen molar-refractivity contribution >= 4 is 11.3 Å². The van der Waals surface area contributed by atoms with Gasteiger partial charge in [-0.1, -0.05) is 18.3 Å². The second kappa shape index (κ2) is 4.31. The quantitative estimate of drug-likeness (QED) is 0.877. The lowest BCUT2D eigenvalue weighted by Gasteiger charge is -1.98. The third-order valence-electron chi connectivity index (χ3n) is 2.57. The van der Waals surface area contributed by atoms with Crippen LogP contribution in [0.1, 0.15) is 28.9 Å². The predicted molar refractivity (Wildman–Crippen MR) is 61.8 cm³/mol. The minimum absolute atomic E-state index is 0.0718. The summed E-state index contributed by atoms with van der Waals surface area (Å²) >= 11 is 1.36. The Hall–Kier alpha value is -1.27. The average molecular weight is 238 g/mol. The van der Waals surface area contributed by atoms with Gasteiger partial charge in [-0.25, -0.2) is 4.68 Å². The van der Waals surface area contributed by atoms with E-state index in [1.54, 1.807) is 4.68 Å². The summed E-state index contributed by atoms with van der Waals surface area (Å²) in [6.45, 7) is 6.06. The van der Waals surface area contributed by atoms with Crippen LogP contribution in [0.3, 0.4) is 0 Å². The lowest BCUT2D eigenvalue weighted by atomic mass is 10.1. The zero-order chi connectivity index (χ0) is 11.7. The fourth-order valence-electron chi connectivity index (χ4n) is 1.77. The molecule has 0 saturated carbocycles. The van der Waals surface area contributed by atoms with Crippen molar-refractivity contribution in [1.29, 1.82) is 0 Å². The molecule has 0 saturated heterocycles. The lowest BCUT2D eigenvalue weighted by Crippen LogP contribution is -1.98. The van der Waals surface area contributed by atoms with Gasteiger partial charge in [-0.2, -0.15) is 5.10 Å². The summed E-state index contributed by atoms with van der Waals surface area (Å²) in [6, 6.07) is 0. The molecular weight excluding hydrogens is 224 g/mol. The van der Waals surface area contributed by atoms with Crippen molar-refractivity contribution in [3.05, 3.63) is 22.0 Å². The van der Waals surface area contributed by atoms with Gasteiger partial charge in [-0.15, -0.1) is 10.2 Å². The Morgan fingerprint density at radius 2 is 2.06 bits per heavy atom. The molecule has 1 N–H and O–H groups in total. The second-order valence-electron chi connectivity index (χ2n) is 3.55. The van der Waals surface area contributed by atoms with Gasteiger partial charge >= 0.3 is 0 Å². The molecule has 2 heterocycles. The Kier molecular flexibility index (Phi) is 3.02. The van der Waals surface area contributed by atoms with E-state index in [0.717, 1.165) is 17.8 Å². The summed E-state index contributed by atoms with van der Waals surface area (Å²) in [6.07, 6.45) is 0.962. The van der Waals surface area contributed by atoms with Gasteiger partial charge in [0.05, 0.1) is 12.3 Å². The van der Waals surface area contributed by atoms with Crippen LogP contribution in [0.2, 0.25) is 0 Å². The van der Waals surface area contributed by atoms with Crippen molar-refractivity contribution in [2.75, 3.05) is 0 Å². The Bertz CT molecular complexity index is 503. The maximum absolute atomic E-state index is 8.95. The summed E-state index contributed by atoms with van der Waals surface area (Å²) in [5.74, 6) is 0. The fourth-order valence-corrected chi connectivity index (χ4v) is 2.47. The highest BCUT2D eigenvalue weighted by atomic mass is 32.1. The first-order valence-corrected chi connectivity index (χ1v) is 5.97. The van der Waals surface area contributed by atoms with E-state index >= 15 is 0 Å². The van der Waals surface area contributed by atoms with Gasteiger partial charge in [-0.05, 0) is 25.8 Å². The number of aliphatic hydroxyl groups excluding tert-OH is 1. The van der Waals surface area contributed by atoms with E-state index in [0.29, 0.717) is 10.1 Å². The van der Waals surface area contributed by atoms with Gasteiger partial charge in [0, 0.05) is 5.69 Å². The maximum atomic E-state index is 8.95. The van der Waals surface area contributed by atoms with Gasteiger partial charge in [0.1, 0.15) is 5.01 Å².